The van der Waals surface area contributed by atoms with E-state index in [9.17, 15) is 9.65 Å². The van der Waals surface area contributed by atoms with Gasteiger partial charge in [-0.3, -0.25) is 0 Å². The smallest absolute Gasteiger partial charge is 0.146 e. The molecule has 1 fully saturated rings. The van der Waals surface area contributed by atoms with Crippen LogP contribution in [0, 0.1) is 30.0 Å². The summed E-state index contributed by atoms with van der Waals surface area (Å²) in [6.45, 7) is 1.87. The van der Waals surface area contributed by atoms with Crippen LogP contribution in [0.1, 0.15) is 37.7 Å². The number of nitriles is 1. The zero-order valence-corrected chi connectivity index (χ0v) is 10.7. The Morgan fingerprint density at radius 2 is 2.06 bits per heavy atom. The van der Waals surface area contributed by atoms with Crippen molar-refractivity contribution in [1.29, 1.82) is 5.26 Å². The molecule has 2 rings (SSSR count). The molecule has 1 aliphatic rings. The summed E-state index contributed by atoms with van der Waals surface area (Å²) in [5, 5.41) is 12.4. The predicted octanol–water partition coefficient (Wildman–Crippen LogP) is 4.02. The highest BCUT2D eigenvalue weighted by atomic mass is 19.1. The third-order valence-corrected chi connectivity index (χ3v) is 3.65. The zero-order chi connectivity index (χ0) is 13.0. The lowest BCUT2D eigenvalue weighted by atomic mass is 9.96. The average Bonchev–Trinajstić information content (AvgIpc) is 2.57. The van der Waals surface area contributed by atoms with Crippen molar-refractivity contribution < 1.29 is 4.39 Å². The molecular formula is C15H19FN2. The lowest BCUT2D eigenvalue weighted by molar-refractivity contribution is 0.510. The summed E-state index contributed by atoms with van der Waals surface area (Å²) in [4.78, 5) is 0. The Hall–Kier alpha value is -1.56. The van der Waals surface area contributed by atoms with Crippen LogP contribution < -0.4 is 5.32 Å². The third-order valence-electron chi connectivity index (χ3n) is 3.65. The van der Waals surface area contributed by atoms with Gasteiger partial charge in [-0.2, -0.15) is 5.26 Å². The van der Waals surface area contributed by atoms with Gasteiger partial charge in [0.2, 0.25) is 0 Å². The minimum atomic E-state index is -0.226. The number of aryl methyl sites for hydroxylation is 1. The number of benzene rings is 1. The minimum absolute atomic E-state index is 0.00629. The van der Waals surface area contributed by atoms with Crippen molar-refractivity contribution in [2.45, 2.75) is 45.1 Å². The van der Waals surface area contributed by atoms with Crippen molar-refractivity contribution in [3.8, 4) is 6.07 Å². The normalized spacial score (nSPS) is 24.1. The van der Waals surface area contributed by atoms with Crippen LogP contribution in [0.3, 0.4) is 0 Å². The number of nitrogens with zero attached hydrogens (tertiary/aromatic N) is 1. The molecule has 1 aliphatic carbocycles. The number of halogens is 1. The summed E-state index contributed by atoms with van der Waals surface area (Å²) < 4.78 is 13.8. The van der Waals surface area contributed by atoms with Gasteiger partial charge < -0.3 is 5.32 Å². The van der Waals surface area contributed by atoms with Crippen molar-refractivity contribution >= 4 is 5.69 Å². The summed E-state index contributed by atoms with van der Waals surface area (Å²) in [7, 11) is 0. The van der Waals surface area contributed by atoms with Gasteiger partial charge in [0.05, 0.1) is 17.7 Å². The summed E-state index contributed by atoms with van der Waals surface area (Å²) in [5.74, 6) is -0.232. The maximum absolute atomic E-state index is 13.8. The van der Waals surface area contributed by atoms with Crippen LogP contribution in [0.5, 0.6) is 0 Å². The Kier molecular flexibility index (Phi) is 4.19. The first kappa shape index (κ1) is 12.9. The fraction of sp³-hybridized carbons (Fsp3) is 0.533. The molecule has 0 saturated heterocycles. The quantitative estimate of drug-likeness (QED) is 0.800. The molecule has 1 N–H and O–H groups in total. The summed E-state index contributed by atoms with van der Waals surface area (Å²) in [6, 6.07) is 7.63. The van der Waals surface area contributed by atoms with Crippen LogP contribution in [0.2, 0.25) is 0 Å². The highest BCUT2D eigenvalue weighted by Crippen LogP contribution is 2.27. The molecule has 0 amide bonds. The number of anilines is 1. The minimum Gasteiger partial charge on any atom is -0.379 e. The van der Waals surface area contributed by atoms with E-state index in [0.717, 1.165) is 31.2 Å². The molecule has 1 aromatic carbocycles. The van der Waals surface area contributed by atoms with E-state index in [2.05, 4.69) is 11.4 Å². The van der Waals surface area contributed by atoms with E-state index in [1.807, 2.05) is 13.0 Å². The van der Waals surface area contributed by atoms with Gasteiger partial charge in [-0.05, 0) is 37.5 Å². The van der Waals surface area contributed by atoms with E-state index >= 15 is 0 Å². The van der Waals surface area contributed by atoms with E-state index in [4.69, 9.17) is 0 Å². The molecule has 2 nitrogen and oxygen atoms in total. The lowest BCUT2D eigenvalue weighted by Gasteiger charge is -2.22. The third kappa shape index (κ3) is 3.01. The van der Waals surface area contributed by atoms with Gasteiger partial charge >= 0.3 is 0 Å². The predicted molar refractivity (Wildman–Crippen MR) is 70.7 cm³/mol. The van der Waals surface area contributed by atoms with Gasteiger partial charge in [-0.15, -0.1) is 0 Å². The molecule has 0 radical (unpaired) electrons. The van der Waals surface area contributed by atoms with Crippen molar-refractivity contribution in [2.75, 3.05) is 5.32 Å². The Bertz CT molecular complexity index is 450. The second-order valence-electron chi connectivity index (χ2n) is 5.11. The van der Waals surface area contributed by atoms with E-state index in [0.29, 0.717) is 5.69 Å². The van der Waals surface area contributed by atoms with E-state index in [1.165, 1.54) is 12.5 Å². The molecule has 2 unspecified atom stereocenters. The molecule has 96 valence electrons. The number of hydrogen-bond acceptors (Lipinski definition) is 2. The Morgan fingerprint density at radius 1 is 1.28 bits per heavy atom. The van der Waals surface area contributed by atoms with Crippen LogP contribution >= 0.6 is 0 Å². The topological polar surface area (TPSA) is 35.8 Å². The monoisotopic (exact) mass is 246 g/mol. The molecule has 0 aliphatic heterocycles. The first-order chi connectivity index (χ1) is 8.70. The number of rotatable bonds is 2. The van der Waals surface area contributed by atoms with Gasteiger partial charge in [0.1, 0.15) is 5.82 Å². The lowest BCUT2D eigenvalue weighted by Crippen LogP contribution is -2.27. The SMILES string of the molecule is Cc1ccc(NC2CCCCCC2C#N)c(F)c1. The van der Waals surface area contributed by atoms with Crippen molar-refractivity contribution in [3.05, 3.63) is 29.6 Å². The van der Waals surface area contributed by atoms with Crippen LogP contribution in [0.4, 0.5) is 10.1 Å². The highest BCUT2D eigenvalue weighted by molar-refractivity contribution is 5.47. The molecule has 1 saturated carbocycles. The maximum Gasteiger partial charge on any atom is 0.146 e. The van der Waals surface area contributed by atoms with Gasteiger partial charge in [0.15, 0.2) is 0 Å². The molecule has 0 aromatic heterocycles. The largest absolute Gasteiger partial charge is 0.379 e. The highest BCUT2D eigenvalue weighted by Gasteiger charge is 2.23. The van der Waals surface area contributed by atoms with E-state index in [1.54, 1.807) is 6.07 Å². The standard InChI is InChI=1S/C15H19FN2/c1-11-7-8-15(13(16)9-11)18-14-6-4-2-3-5-12(14)10-17/h7-9,12,14,18H,2-6H2,1H3. The molecule has 0 bridgehead atoms. The zero-order valence-electron chi connectivity index (χ0n) is 10.7. The van der Waals surface area contributed by atoms with Crippen LogP contribution in [-0.2, 0) is 0 Å². The fourth-order valence-electron chi connectivity index (χ4n) is 2.57. The average molecular weight is 246 g/mol. The van der Waals surface area contributed by atoms with Crippen molar-refractivity contribution in [2.24, 2.45) is 5.92 Å². The van der Waals surface area contributed by atoms with Gasteiger partial charge in [-0.25, -0.2) is 4.39 Å². The maximum atomic E-state index is 13.8. The van der Waals surface area contributed by atoms with Crippen molar-refractivity contribution in [3.63, 3.8) is 0 Å². The summed E-state index contributed by atoms with van der Waals surface area (Å²) in [5.41, 5.74) is 1.43. The van der Waals surface area contributed by atoms with Crippen LogP contribution in [-0.4, -0.2) is 6.04 Å². The Balaban J connectivity index is 2.13. The van der Waals surface area contributed by atoms with Crippen molar-refractivity contribution in [1.82, 2.24) is 0 Å². The molecule has 2 atom stereocenters. The van der Waals surface area contributed by atoms with Gasteiger partial charge in [-0.1, -0.05) is 25.3 Å². The second kappa shape index (κ2) is 5.86. The van der Waals surface area contributed by atoms with E-state index < -0.39 is 0 Å². The second-order valence-corrected chi connectivity index (χ2v) is 5.11. The molecular weight excluding hydrogens is 227 g/mol. The van der Waals surface area contributed by atoms with Crippen LogP contribution in [0.25, 0.3) is 0 Å². The molecule has 18 heavy (non-hydrogen) atoms. The van der Waals surface area contributed by atoms with E-state index in [-0.39, 0.29) is 17.8 Å². The summed E-state index contributed by atoms with van der Waals surface area (Å²) in [6.07, 6.45) is 5.26. The van der Waals surface area contributed by atoms with Gasteiger partial charge in [0.25, 0.3) is 0 Å². The fourth-order valence-corrected chi connectivity index (χ4v) is 2.57. The molecule has 0 heterocycles. The van der Waals surface area contributed by atoms with Gasteiger partial charge in [0, 0.05) is 6.04 Å². The number of nitrogens with one attached hydrogen (secondary N) is 1. The first-order valence-electron chi connectivity index (χ1n) is 6.63. The number of hydrogen-bond donors (Lipinski definition) is 1. The Labute approximate surface area is 108 Å². The molecule has 3 heteroatoms. The molecule has 0 spiro atoms. The molecule has 1 aromatic rings. The van der Waals surface area contributed by atoms with Crippen LogP contribution in [0.15, 0.2) is 18.2 Å². The Morgan fingerprint density at radius 3 is 2.78 bits per heavy atom. The summed E-state index contributed by atoms with van der Waals surface area (Å²) >= 11 is 0. The first-order valence-corrected chi connectivity index (χ1v) is 6.63.